The van der Waals surface area contributed by atoms with Crippen molar-refractivity contribution in [3.63, 3.8) is 0 Å². The Bertz CT molecular complexity index is 884. The minimum absolute atomic E-state index is 0.0249. The molecule has 1 aromatic carbocycles. The number of halogens is 1. The van der Waals surface area contributed by atoms with Crippen molar-refractivity contribution in [2.75, 3.05) is 23.9 Å². The molecule has 1 unspecified atom stereocenters. The second-order valence-corrected chi connectivity index (χ2v) is 8.71. The standard InChI is InChI=1S/C17H18ClN3O3S/c1-21(15-7-8-25(23,24)11-15)17(22)12-5-6-16(19-10-12)20-14-4-2-3-13(18)9-14/h2-6,9-10,15H,7-8,11H2,1H3,(H,19,20). The molecular formula is C17H18ClN3O3S. The number of nitrogens with zero attached hydrogens (tertiary/aromatic N) is 2. The molecule has 1 amide bonds. The van der Waals surface area contributed by atoms with E-state index in [9.17, 15) is 13.2 Å². The number of anilines is 2. The summed E-state index contributed by atoms with van der Waals surface area (Å²) in [6.45, 7) is 0. The number of aromatic nitrogens is 1. The molecule has 1 aliphatic rings. The lowest BCUT2D eigenvalue weighted by molar-refractivity contribution is 0.0747. The molecule has 8 heteroatoms. The van der Waals surface area contributed by atoms with E-state index in [0.717, 1.165) is 5.69 Å². The number of benzene rings is 1. The molecule has 6 nitrogen and oxygen atoms in total. The normalized spacial score (nSPS) is 18.7. The summed E-state index contributed by atoms with van der Waals surface area (Å²) in [5, 5.41) is 3.72. The van der Waals surface area contributed by atoms with Crippen LogP contribution in [-0.2, 0) is 9.84 Å². The summed E-state index contributed by atoms with van der Waals surface area (Å²) in [4.78, 5) is 18.2. The van der Waals surface area contributed by atoms with Crippen molar-refractivity contribution in [1.29, 1.82) is 0 Å². The number of nitrogens with one attached hydrogen (secondary N) is 1. The van der Waals surface area contributed by atoms with E-state index in [1.165, 1.54) is 11.1 Å². The molecule has 1 fully saturated rings. The van der Waals surface area contributed by atoms with E-state index in [1.54, 1.807) is 31.3 Å². The Hall–Kier alpha value is -2.12. The van der Waals surface area contributed by atoms with Gasteiger partial charge in [0.1, 0.15) is 5.82 Å². The molecule has 0 spiro atoms. The molecule has 3 rings (SSSR count). The van der Waals surface area contributed by atoms with Crippen LogP contribution in [0.4, 0.5) is 11.5 Å². The first-order valence-electron chi connectivity index (χ1n) is 7.80. The Kier molecular flexibility index (Phi) is 4.96. The van der Waals surface area contributed by atoms with E-state index in [2.05, 4.69) is 10.3 Å². The largest absolute Gasteiger partial charge is 0.340 e. The Morgan fingerprint density at radius 3 is 2.72 bits per heavy atom. The summed E-state index contributed by atoms with van der Waals surface area (Å²) in [5.74, 6) is 0.515. The van der Waals surface area contributed by atoms with Crippen LogP contribution in [0, 0.1) is 0 Å². The quantitative estimate of drug-likeness (QED) is 0.883. The first kappa shape index (κ1) is 17.7. The number of hydrogen-bond acceptors (Lipinski definition) is 5. The van der Waals surface area contributed by atoms with Gasteiger partial charge in [-0.3, -0.25) is 4.79 Å². The lowest BCUT2D eigenvalue weighted by Gasteiger charge is -2.23. The maximum absolute atomic E-state index is 12.5. The predicted octanol–water partition coefficient (Wildman–Crippen LogP) is 2.74. The molecular weight excluding hydrogens is 362 g/mol. The van der Waals surface area contributed by atoms with Crippen LogP contribution in [-0.4, -0.2) is 48.8 Å². The van der Waals surface area contributed by atoms with Crippen LogP contribution < -0.4 is 5.32 Å². The lowest BCUT2D eigenvalue weighted by Crippen LogP contribution is -2.37. The van der Waals surface area contributed by atoms with Crippen LogP contribution in [0.15, 0.2) is 42.6 Å². The van der Waals surface area contributed by atoms with Gasteiger partial charge in [0.25, 0.3) is 5.91 Å². The van der Waals surface area contributed by atoms with E-state index in [-0.39, 0.29) is 23.5 Å². The number of carbonyl (C=O) groups excluding carboxylic acids is 1. The van der Waals surface area contributed by atoms with Crippen LogP contribution in [0.5, 0.6) is 0 Å². The van der Waals surface area contributed by atoms with Crippen LogP contribution in [0.3, 0.4) is 0 Å². The Morgan fingerprint density at radius 2 is 2.12 bits per heavy atom. The van der Waals surface area contributed by atoms with Gasteiger partial charge in [-0.1, -0.05) is 17.7 Å². The molecule has 0 saturated carbocycles. The average Bonchev–Trinajstić information content (AvgIpc) is 2.94. The highest BCUT2D eigenvalue weighted by atomic mass is 35.5. The predicted molar refractivity (Wildman–Crippen MR) is 98.1 cm³/mol. The fourth-order valence-corrected chi connectivity index (χ4v) is 4.72. The maximum Gasteiger partial charge on any atom is 0.255 e. The third kappa shape index (κ3) is 4.29. The number of carbonyl (C=O) groups is 1. The van der Waals surface area contributed by atoms with E-state index >= 15 is 0 Å². The summed E-state index contributed by atoms with van der Waals surface area (Å²) < 4.78 is 23.2. The molecule has 1 aromatic heterocycles. The van der Waals surface area contributed by atoms with Crippen molar-refractivity contribution in [3.05, 3.63) is 53.2 Å². The van der Waals surface area contributed by atoms with Gasteiger partial charge in [0.05, 0.1) is 17.1 Å². The molecule has 0 radical (unpaired) electrons. The molecule has 1 N–H and O–H groups in total. The zero-order valence-corrected chi connectivity index (χ0v) is 15.2. The minimum Gasteiger partial charge on any atom is -0.340 e. The van der Waals surface area contributed by atoms with Crippen molar-refractivity contribution in [2.45, 2.75) is 12.5 Å². The third-order valence-electron chi connectivity index (χ3n) is 4.18. The van der Waals surface area contributed by atoms with Crippen molar-refractivity contribution < 1.29 is 13.2 Å². The van der Waals surface area contributed by atoms with Gasteiger partial charge in [-0.2, -0.15) is 0 Å². The summed E-state index contributed by atoms with van der Waals surface area (Å²) in [6.07, 6.45) is 1.96. The summed E-state index contributed by atoms with van der Waals surface area (Å²) >= 11 is 5.94. The van der Waals surface area contributed by atoms with Gasteiger partial charge in [-0.25, -0.2) is 13.4 Å². The molecule has 2 aromatic rings. The fourth-order valence-electron chi connectivity index (χ4n) is 2.76. The van der Waals surface area contributed by atoms with Crippen LogP contribution in [0.1, 0.15) is 16.8 Å². The molecule has 25 heavy (non-hydrogen) atoms. The highest BCUT2D eigenvalue weighted by Crippen LogP contribution is 2.21. The first-order chi connectivity index (χ1) is 11.8. The van der Waals surface area contributed by atoms with Gasteiger partial charge in [0.15, 0.2) is 9.84 Å². The molecule has 1 atom stereocenters. The van der Waals surface area contributed by atoms with Gasteiger partial charge in [-0.05, 0) is 36.8 Å². The smallest absolute Gasteiger partial charge is 0.255 e. The molecule has 2 heterocycles. The van der Waals surface area contributed by atoms with Gasteiger partial charge in [0.2, 0.25) is 0 Å². The second kappa shape index (κ2) is 7.01. The van der Waals surface area contributed by atoms with Crippen molar-refractivity contribution in [1.82, 2.24) is 9.88 Å². The monoisotopic (exact) mass is 379 g/mol. The number of pyridine rings is 1. The molecule has 0 aliphatic carbocycles. The summed E-state index contributed by atoms with van der Waals surface area (Å²) in [7, 11) is -1.40. The van der Waals surface area contributed by atoms with Gasteiger partial charge in [-0.15, -0.1) is 0 Å². The highest BCUT2D eigenvalue weighted by Gasteiger charge is 2.33. The third-order valence-corrected chi connectivity index (χ3v) is 6.17. The molecule has 0 bridgehead atoms. The van der Waals surface area contributed by atoms with E-state index in [1.807, 2.05) is 12.1 Å². The van der Waals surface area contributed by atoms with Gasteiger partial charge >= 0.3 is 0 Å². The van der Waals surface area contributed by atoms with Gasteiger partial charge in [0, 0.05) is 30.0 Å². The van der Waals surface area contributed by atoms with E-state index in [0.29, 0.717) is 22.8 Å². The number of rotatable bonds is 4. The molecule has 1 aliphatic heterocycles. The van der Waals surface area contributed by atoms with E-state index < -0.39 is 9.84 Å². The maximum atomic E-state index is 12.5. The SMILES string of the molecule is CN(C(=O)c1ccc(Nc2cccc(Cl)c2)nc1)C1CCS(=O)(=O)C1. The average molecular weight is 380 g/mol. The molecule has 1 saturated heterocycles. The Morgan fingerprint density at radius 1 is 1.32 bits per heavy atom. The number of hydrogen-bond donors (Lipinski definition) is 1. The zero-order valence-electron chi connectivity index (χ0n) is 13.6. The van der Waals surface area contributed by atoms with Crippen LogP contribution >= 0.6 is 11.6 Å². The van der Waals surface area contributed by atoms with Crippen LogP contribution in [0.25, 0.3) is 0 Å². The van der Waals surface area contributed by atoms with E-state index in [4.69, 9.17) is 11.6 Å². The number of amides is 1. The second-order valence-electron chi connectivity index (χ2n) is 6.04. The lowest BCUT2D eigenvalue weighted by atomic mass is 10.2. The Balaban J connectivity index is 1.68. The summed E-state index contributed by atoms with van der Waals surface area (Å²) in [6, 6.07) is 10.3. The van der Waals surface area contributed by atoms with Crippen molar-refractivity contribution >= 4 is 38.9 Å². The zero-order chi connectivity index (χ0) is 18.0. The van der Waals surface area contributed by atoms with Crippen molar-refractivity contribution in [2.24, 2.45) is 0 Å². The van der Waals surface area contributed by atoms with Gasteiger partial charge < -0.3 is 10.2 Å². The molecule has 132 valence electrons. The fraction of sp³-hybridized carbons (Fsp3) is 0.294. The highest BCUT2D eigenvalue weighted by molar-refractivity contribution is 7.91. The van der Waals surface area contributed by atoms with Crippen molar-refractivity contribution in [3.8, 4) is 0 Å². The number of sulfone groups is 1. The first-order valence-corrected chi connectivity index (χ1v) is 10.0. The summed E-state index contributed by atoms with van der Waals surface area (Å²) in [5.41, 5.74) is 1.22. The Labute approximate surface area is 151 Å². The minimum atomic E-state index is -3.03. The topological polar surface area (TPSA) is 79.4 Å². The van der Waals surface area contributed by atoms with Crippen LogP contribution in [0.2, 0.25) is 5.02 Å².